The maximum absolute atomic E-state index is 11.6. The molecule has 0 aliphatic heterocycles. The molecule has 4 nitrogen and oxygen atoms in total. The van der Waals surface area contributed by atoms with Crippen LogP contribution in [-0.4, -0.2) is 17.4 Å². The van der Waals surface area contributed by atoms with Gasteiger partial charge in [0.15, 0.2) is 0 Å². The molecule has 0 saturated carbocycles. The molecule has 0 radical (unpaired) electrons. The second kappa shape index (κ2) is 6.24. The highest BCUT2D eigenvalue weighted by molar-refractivity contribution is 6.09. The third kappa shape index (κ3) is 2.78. The van der Waals surface area contributed by atoms with Gasteiger partial charge in [0.05, 0.1) is 11.1 Å². The first-order valence-electron chi connectivity index (χ1n) is 7.87. The molecule has 4 heteroatoms. The highest BCUT2D eigenvalue weighted by Crippen LogP contribution is 2.34. The average Bonchev–Trinajstić information content (AvgIpc) is 3.02. The van der Waals surface area contributed by atoms with Gasteiger partial charge in [0.25, 0.3) is 5.91 Å². The van der Waals surface area contributed by atoms with Crippen molar-refractivity contribution in [2.45, 2.75) is 13.8 Å². The Bertz CT molecular complexity index is 937. The van der Waals surface area contributed by atoms with Gasteiger partial charge in [-0.1, -0.05) is 30.4 Å². The van der Waals surface area contributed by atoms with Crippen LogP contribution >= 0.6 is 0 Å². The van der Waals surface area contributed by atoms with Crippen LogP contribution in [0.15, 0.2) is 54.7 Å². The van der Waals surface area contributed by atoms with E-state index in [1.165, 1.54) is 0 Å². The number of hydrogen-bond acceptors (Lipinski definition) is 2. The molecule has 4 N–H and O–H groups in total. The minimum atomic E-state index is -0.428. The molecular weight excluding hydrogens is 298 g/mol. The summed E-state index contributed by atoms with van der Waals surface area (Å²) in [5.74, 6) is -0.428. The molecule has 1 aromatic heterocycles. The predicted octanol–water partition coefficient (Wildman–Crippen LogP) is 4.23. The molecule has 0 saturated heterocycles. The van der Waals surface area contributed by atoms with E-state index >= 15 is 0 Å². The largest absolute Gasteiger partial charge is 0.381 e. The number of rotatable bonds is 5. The molecular formula is C20H21N3O. The van der Waals surface area contributed by atoms with Crippen LogP contribution in [0.3, 0.4) is 0 Å². The van der Waals surface area contributed by atoms with Crippen molar-refractivity contribution in [2.24, 2.45) is 5.73 Å². The number of primary amides is 1. The van der Waals surface area contributed by atoms with Crippen LogP contribution in [0.2, 0.25) is 0 Å². The smallest absolute Gasteiger partial charge is 0.250 e. The highest BCUT2D eigenvalue weighted by atomic mass is 16.1. The molecule has 1 heterocycles. The lowest BCUT2D eigenvalue weighted by Gasteiger charge is -2.15. The second-order valence-corrected chi connectivity index (χ2v) is 6.08. The first kappa shape index (κ1) is 15.9. The Labute approximate surface area is 141 Å². The molecule has 0 aliphatic carbocycles. The number of nitrogens with two attached hydrogens (primary N) is 1. The van der Waals surface area contributed by atoms with Crippen LogP contribution < -0.4 is 11.1 Å². The lowest BCUT2D eigenvalue weighted by atomic mass is 9.94. The first-order valence-corrected chi connectivity index (χ1v) is 7.87. The van der Waals surface area contributed by atoms with E-state index in [9.17, 15) is 4.79 Å². The Morgan fingerprint density at radius 2 is 2.00 bits per heavy atom. The van der Waals surface area contributed by atoms with Gasteiger partial charge in [0.1, 0.15) is 0 Å². The number of H-pyrrole nitrogens is 1. The highest BCUT2D eigenvalue weighted by Gasteiger charge is 2.14. The van der Waals surface area contributed by atoms with Crippen molar-refractivity contribution >= 4 is 22.5 Å². The van der Waals surface area contributed by atoms with Gasteiger partial charge in [-0.05, 0) is 48.7 Å². The number of fused-ring (bicyclic) bond motifs is 1. The van der Waals surface area contributed by atoms with Gasteiger partial charge in [-0.15, -0.1) is 0 Å². The van der Waals surface area contributed by atoms with E-state index in [-0.39, 0.29) is 0 Å². The van der Waals surface area contributed by atoms with Gasteiger partial charge in [-0.2, -0.15) is 0 Å². The summed E-state index contributed by atoms with van der Waals surface area (Å²) >= 11 is 0. The van der Waals surface area contributed by atoms with Crippen LogP contribution in [0.1, 0.15) is 22.8 Å². The van der Waals surface area contributed by atoms with Crippen molar-refractivity contribution < 1.29 is 4.79 Å². The third-order valence-corrected chi connectivity index (χ3v) is 4.19. The topological polar surface area (TPSA) is 70.9 Å². The van der Waals surface area contributed by atoms with E-state index < -0.39 is 5.91 Å². The number of aromatic amines is 1. The number of hydrogen-bond donors (Lipinski definition) is 3. The molecule has 0 atom stereocenters. The summed E-state index contributed by atoms with van der Waals surface area (Å²) in [6.07, 6.45) is 1.83. The number of carbonyl (C=O) groups is 1. The summed E-state index contributed by atoms with van der Waals surface area (Å²) in [7, 11) is 0. The Kier molecular flexibility index (Phi) is 4.13. The third-order valence-electron chi connectivity index (χ3n) is 4.19. The van der Waals surface area contributed by atoms with Crippen molar-refractivity contribution in [3.63, 3.8) is 0 Å². The van der Waals surface area contributed by atoms with Gasteiger partial charge in [0.2, 0.25) is 0 Å². The number of carbonyl (C=O) groups excluding carboxylic acids is 1. The van der Waals surface area contributed by atoms with Crippen molar-refractivity contribution in [1.82, 2.24) is 4.98 Å². The lowest BCUT2D eigenvalue weighted by Crippen LogP contribution is -2.11. The van der Waals surface area contributed by atoms with E-state index in [0.717, 1.165) is 45.4 Å². The van der Waals surface area contributed by atoms with Crippen LogP contribution in [-0.2, 0) is 0 Å². The standard InChI is InChI=1S/C20H21N3O/c1-12(2)11-23-18-6-4-5-14(13(18)3)15-7-8-17(20(21)24)19-16(15)9-10-22-19/h4-10,22-23H,1,11H2,2-3H3,(H2,21,24). The quantitative estimate of drug-likeness (QED) is 0.616. The van der Waals surface area contributed by atoms with E-state index in [0.29, 0.717) is 5.56 Å². The van der Waals surface area contributed by atoms with Crippen LogP contribution in [0, 0.1) is 6.92 Å². The molecule has 0 unspecified atom stereocenters. The maximum atomic E-state index is 11.6. The Morgan fingerprint density at radius 1 is 1.21 bits per heavy atom. The molecule has 3 aromatic rings. The number of anilines is 1. The number of amides is 1. The Morgan fingerprint density at radius 3 is 2.71 bits per heavy atom. The molecule has 3 rings (SSSR count). The van der Waals surface area contributed by atoms with Crippen LogP contribution in [0.25, 0.3) is 22.0 Å². The summed E-state index contributed by atoms with van der Waals surface area (Å²) < 4.78 is 0. The van der Waals surface area contributed by atoms with Crippen molar-refractivity contribution in [3.05, 3.63) is 65.9 Å². The maximum Gasteiger partial charge on any atom is 0.250 e. The normalized spacial score (nSPS) is 10.8. The number of aromatic nitrogens is 1. The minimum Gasteiger partial charge on any atom is -0.381 e. The molecule has 0 bridgehead atoms. The van der Waals surface area contributed by atoms with Crippen molar-refractivity contribution in [3.8, 4) is 11.1 Å². The van der Waals surface area contributed by atoms with E-state index in [1.54, 1.807) is 6.07 Å². The molecule has 0 aliphatic rings. The van der Waals surface area contributed by atoms with Gasteiger partial charge < -0.3 is 16.0 Å². The number of benzene rings is 2. The summed E-state index contributed by atoms with van der Waals surface area (Å²) in [4.78, 5) is 14.7. The van der Waals surface area contributed by atoms with Crippen LogP contribution in [0.5, 0.6) is 0 Å². The average molecular weight is 319 g/mol. The van der Waals surface area contributed by atoms with Gasteiger partial charge in [-0.25, -0.2) is 0 Å². The Hall–Kier alpha value is -3.01. The second-order valence-electron chi connectivity index (χ2n) is 6.08. The summed E-state index contributed by atoms with van der Waals surface area (Å²) in [5.41, 5.74) is 12.3. The molecule has 2 aromatic carbocycles. The van der Waals surface area contributed by atoms with E-state index in [2.05, 4.69) is 35.9 Å². The van der Waals surface area contributed by atoms with Crippen LogP contribution in [0.4, 0.5) is 5.69 Å². The van der Waals surface area contributed by atoms with Crippen molar-refractivity contribution in [1.29, 1.82) is 0 Å². The fraction of sp³-hybridized carbons (Fsp3) is 0.150. The van der Waals surface area contributed by atoms with Gasteiger partial charge in [0, 0.05) is 23.8 Å². The number of nitrogens with one attached hydrogen (secondary N) is 2. The molecule has 122 valence electrons. The Balaban J connectivity index is 2.13. The summed E-state index contributed by atoms with van der Waals surface area (Å²) in [5, 5.41) is 4.40. The zero-order valence-corrected chi connectivity index (χ0v) is 13.9. The zero-order valence-electron chi connectivity index (χ0n) is 13.9. The van der Waals surface area contributed by atoms with Gasteiger partial charge in [-0.3, -0.25) is 4.79 Å². The molecule has 0 spiro atoms. The predicted molar refractivity (Wildman–Crippen MR) is 100 cm³/mol. The fourth-order valence-corrected chi connectivity index (χ4v) is 2.96. The summed E-state index contributed by atoms with van der Waals surface area (Å²) in [6, 6.07) is 11.9. The lowest BCUT2D eigenvalue weighted by molar-refractivity contribution is 0.100. The zero-order chi connectivity index (χ0) is 17.3. The van der Waals surface area contributed by atoms with Gasteiger partial charge >= 0.3 is 0 Å². The fourth-order valence-electron chi connectivity index (χ4n) is 2.96. The van der Waals surface area contributed by atoms with E-state index in [4.69, 9.17) is 5.73 Å². The van der Waals surface area contributed by atoms with Crippen molar-refractivity contribution in [2.75, 3.05) is 11.9 Å². The van der Waals surface area contributed by atoms with E-state index in [1.807, 2.05) is 31.3 Å². The SMILES string of the molecule is C=C(C)CNc1cccc(-c2ccc(C(N)=O)c3[nH]ccc23)c1C. The first-order chi connectivity index (χ1) is 11.5. The molecule has 0 fully saturated rings. The molecule has 1 amide bonds. The minimum absolute atomic E-state index is 0.428. The molecule has 24 heavy (non-hydrogen) atoms. The summed E-state index contributed by atoms with van der Waals surface area (Å²) in [6.45, 7) is 8.76. The monoisotopic (exact) mass is 319 g/mol.